The van der Waals surface area contributed by atoms with Crippen molar-refractivity contribution >= 4 is 69.0 Å². The first kappa shape index (κ1) is 80.3. The molecule has 3 aliphatic heterocycles. The van der Waals surface area contributed by atoms with Crippen LogP contribution in [-0.4, -0.2) is 150 Å². The van der Waals surface area contributed by atoms with Crippen LogP contribution in [0.3, 0.4) is 0 Å². The summed E-state index contributed by atoms with van der Waals surface area (Å²) in [4.78, 5) is 78.1. The van der Waals surface area contributed by atoms with Crippen molar-refractivity contribution in [2.45, 2.75) is 172 Å². The van der Waals surface area contributed by atoms with Gasteiger partial charge < -0.3 is 44.5 Å². The molecule has 3 aromatic heterocycles. The van der Waals surface area contributed by atoms with Gasteiger partial charge in [0.05, 0.1) is 65.6 Å². The first-order valence-corrected chi connectivity index (χ1v) is 34.5. The van der Waals surface area contributed by atoms with Crippen LogP contribution in [0.5, 0.6) is 0 Å². The molecule has 4 aliphatic rings. The van der Waals surface area contributed by atoms with Gasteiger partial charge in [0.15, 0.2) is 0 Å². The van der Waals surface area contributed by atoms with Gasteiger partial charge in [-0.1, -0.05) is 48.8 Å². The first-order valence-electron chi connectivity index (χ1n) is 32.3. The Morgan fingerprint density at radius 1 is 0.622 bits per heavy atom. The van der Waals surface area contributed by atoms with Crippen LogP contribution in [0, 0.1) is 51.2 Å². The highest BCUT2D eigenvalue weighted by Crippen LogP contribution is 2.40. The molecule has 0 unspecified atom stereocenters. The van der Waals surface area contributed by atoms with Crippen molar-refractivity contribution < 1.29 is 48.0 Å². The average Bonchev–Trinajstić information content (AvgIpc) is 0.938. The van der Waals surface area contributed by atoms with Crippen molar-refractivity contribution in [3.63, 3.8) is 0 Å². The first-order chi connectivity index (χ1) is 42.6. The maximum atomic E-state index is 11.8. The van der Waals surface area contributed by atoms with E-state index in [2.05, 4.69) is 79.3 Å². The standard InChI is InChI=1S/C16H18N4.C12H23NO2.C12H22O2.C11H15NO2.C10H19NO2.C9H11NO2.CH3I/c1-11-7-13(18)10-20(9-11)15-5-4-12(8-17)16-14(15)3-2-6-19-16;1-5-15-11(14)12(2,3)10-6-8-13(4)9-7-10;1-4-14-11(13)12(2,3)10-8-6-5-7-9-10;1-4-14-10(13)11(2,3)9-5-7-12-8-6-9;1-10(2,9(12)13)8-4-6-11(3)7-5-8;1-2-12-9(11)7-8-3-5-10-6-4-8;1-2/h2-6,11,13H,7,9-10,18H2,1H3;10H,5-9H2,1-4H3;10H,4-9H2,1-3H3;5-8H,4H2,1-3H3;8H,4-7H2,1-3H3,(H,12,13);3-6H,2,7H2,1H3;1H3/t11-,13+;;;;;;/m0....../s1. The molecule has 90 heavy (non-hydrogen) atoms. The van der Waals surface area contributed by atoms with Gasteiger partial charge in [0, 0.05) is 61.2 Å². The van der Waals surface area contributed by atoms with Crippen molar-refractivity contribution in [1.82, 2.24) is 24.8 Å². The van der Waals surface area contributed by atoms with Crippen LogP contribution in [-0.2, 0) is 54.8 Å². The molecule has 1 aliphatic carbocycles. The lowest BCUT2D eigenvalue weighted by Gasteiger charge is -2.37. The summed E-state index contributed by atoms with van der Waals surface area (Å²) >= 11 is 2.15. The number of carboxylic acid groups (broad SMARTS) is 1. The summed E-state index contributed by atoms with van der Waals surface area (Å²) in [7, 11) is 4.22. The summed E-state index contributed by atoms with van der Waals surface area (Å²) in [6.45, 7) is 33.0. The summed E-state index contributed by atoms with van der Waals surface area (Å²) in [6, 6.07) is 17.5. The van der Waals surface area contributed by atoms with Gasteiger partial charge in [-0.15, -0.1) is 0 Å². The molecule has 4 fully saturated rings. The van der Waals surface area contributed by atoms with E-state index in [1.807, 2.05) is 111 Å². The normalized spacial score (nSPS) is 17.6. The number of anilines is 1. The Morgan fingerprint density at radius 2 is 1.08 bits per heavy atom. The minimum Gasteiger partial charge on any atom is -0.481 e. The number of nitrogens with two attached hydrogens (primary N) is 1. The highest BCUT2D eigenvalue weighted by Gasteiger charge is 2.41. The zero-order valence-electron chi connectivity index (χ0n) is 57.4. The summed E-state index contributed by atoms with van der Waals surface area (Å²) < 4.78 is 20.0. The number of benzene rings is 1. The fourth-order valence-electron chi connectivity index (χ4n) is 11.6. The Labute approximate surface area is 553 Å². The maximum absolute atomic E-state index is 11.8. The fraction of sp³-hybridized carbons (Fsp3) is 0.648. The average molecular weight is 1360 g/mol. The highest BCUT2D eigenvalue weighted by atomic mass is 127. The van der Waals surface area contributed by atoms with Gasteiger partial charge >= 0.3 is 29.8 Å². The number of esters is 4. The number of alkyl halides is 1. The van der Waals surface area contributed by atoms with E-state index in [-0.39, 0.29) is 40.7 Å². The molecular formula is C71H111IN8O10. The molecule has 502 valence electrons. The summed E-state index contributed by atoms with van der Waals surface area (Å²) in [5.74, 6) is 0.786. The van der Waals surface area contributed by atoms with E-state index in [9.17, 15) is 29.2 Å². The van der Waals surface area contributed by atoms with E-state index in [1.54, 1.807) is 57.0 Å². The van der Waals surface area contributed by atoms with Gasteiger partial charge in [0.25, 0.3) is 0 Å². The lowest BCUT2D eigenvalue weighted by molar-refractivity contribution is -0.158. The second kappa shape index (κ2) is 40.9. The number of aliphatic carboxylic acids is 1. The van der Waals surface area contributed by atoms with Crippen LogP contribution in [0.15, 0.2) is 79.5 Å². The predicted octanol–water partition coefficient (Wildman–Crippen LogP) is 13.0. The van der Waals surface area contributed by atoms with E-state index in [1.165, 1.54) is 32.1 Å². The van der Waals surface area contributed by atoms with E-state index in [0.717, 1.165) is 99.1 Å². The molecule has 2 atom stereocenters. The summed E-state index contributed by atoms with van der Waals surface area (Å²) in [6.07, 6.45) is 20.3. The lowest BCUT2D eigenvalue weighted by Crippen LogP contribution is -2.46. The van der Waals surface area contributed by atoms with Gasteiger partial charge in [0.1, 0.15) is 6.07 Å². The molecule has 1 aromatic carbocycles. The van der Waals surface area contributed by atoms with Crippen LogP contribution in [0.4, 0.5) is 5.69 Å². The largest absolute Gasteiger partial charge is 0.481 e. The number of carbonyl (C=O) groups excluding carboxylic acids is 4. The van der Waals surface area contributed by atoms with E-state index < -0.39 is 16.8 Å². The molecule has 19 heteroatoms. The zero-order chi connectivity index (χ0) is 67.7. The number of piperidine rings is 3. The van der Waals surface area contributed by atoms with Gasteiger partial charge in [-0.05, 0) is 257 Å². The topological polar surface area (TPSA) is 241 Å². The van der Waals surface area contributed by atoms with Crippen LogP contribution >= 0.6 is 22.6 Å². The number of likely N-dealkylation sites (tertiary alicyclic amines) is 2. The maximum Gasteiger partial charge on any atom is 0.315 e. The Kier molecular flexibility index (Phi) is 36.5. The molecule has 0 radical (unpaired) electrons. The molecule has 0 spiro atoms. The number of aromatic nitrogens is 3. The number of halogens is 1. The molecule has 6 heterocycles. The Morgan fingerprint density at radius 3 is 1.53 bits per heavy atom. The molecule has 4 aromatic rings. The summed E-state index contributed by atoms with van der Waals surface area (Å²) in [5, 5.41) is 19.3. The van der Waals surface area contributed by atoms with Crippen LogP contribution in [0.2, 0.25) is 0 Å². The van der Waals surface area contributed by atoms with Crippen LogP contribution < -0.4 is 10.6 Å². The van der Waals surface area contributed by atoms with E-state index in [4.69, 9.17) is 29.8 Å². The Balaban J connectivity index is 0.000000369. The molecule has 8 rings (SSSR count). The highest BCUT2D eigenvalue weighted by molar-refractivity contribution is 14.1. The molecule has 3 N–H and O–H groups in total. The van der Waals surface area contributed by atoms with Crippen molar-refractivity contribution in [2.24, 2.45) is 45.7 Å². The molecule has 18 nitrogen and oxygen atoms in total. The zero-order valence-corrected chi connectivity index (χ0v) is 59.6. The number of ether oxygens (including phenoxy) is 4. The third-order valence-corrected chi connectivity index (χ3v) is 17.7. The minimum atomic E-state index is -0.665. The predicted molar refractivity (Wildman–Crippen MR) is 368 cm³/mol. The second-order valence-corrected chi connectivity index (χ2v) is 26.0. The van der Waals surface area contributed by atoms with Crippen molar-refractivity contribution in [3.05, 3.63) is 96.2 Å². The quantitative estimate of drug-likeness (QED) is 0.0486. The van der Waals surface area contributed by atoms with Crippen LogP contribution in [0.25, 0.3) is 10.9 Å². The van der Waals surface area contributed by atoms with Gasteiger partial charge in [-0.25, -0.2) is 0 Å². The third-order valence-electron chi connectivity index (χ3n) is 17.7. The number of carbonyl (C=O) groups is 5. The van der Waals surface area contributed by atoms with Gasteiger partial charge in [-0.3, -0.25) is 38.9 Å². The van der Waals surface area contributed by atoms with Gasteiger partial charge in [-0.2, -0.15) is 5.26 Å². The van der Waals surface area contributed by atoms with Crippen LogP contribution in [0.1, 0.15) is 171 Å². The molecule has 0 bridgehead atoms. The van der Waals surface area contributed by atoms with Gasteiger partial charge in [0.2, 0.25) is 0 Å². The van der Waals surface area contributed by atoms with E-state index >= 15 is 0 Å². The molecule has 0 amide bonds. The van der Waals surface area contributed by atoms with Crippen molar-refractivity contribution in [2.75, 3.05) is 89.6 Å². The number of carboxylic acids is 1. The molecule has 1 saturated carbocycles. The Hall–Kier alpha value is -5.82. The smallest absolute Gasteiger partial charge is 0.315 e. The lowest BCUT2D eigenvalue weighted by atomic mass is 9.71. The fourth-order valence-corrected chi connectivity index (χ4v) is 11.6. The summed E-state index contributed by atoms with van der Waals surface area (Å²) in [5.41, 5.74) is 8.78. The number of rotatable bonds is 15. The van der Waals surface area contributed by atoms with E-state index in [0.29, 0.717) is 62.1 Å². The number of hydrogen-bond acceptors (Lipinski definition) is 17. The monoisotopic (exact) mass is 1360 g/mol. The number of fused-ring (bicyclic) bond motifs is 1. The molecule has 3 saturated heterocycles. The number of hydrogen-bond donors (Lipinski definition) is 2. The Bertz CT molecular complexity index is 2760. The second-order valence-electron chi connectivity index (χ2n) is 26.0. The minimum absolute atomic E-state index is 0.0214. The molecular weight excluding hydrogens is 1250 g/mol. The number of pyridine rings is 3. The number of nitrogens with zero attached hydrogens (tertiary/aromatic N) is 7. The SMILES string of the molecule is CCOC(=O)C(C)(C)C1CCCCC1.CCOC(=O)C(C)(C)C1CCN(C)CC1.CCOC(=O)C(C)(C)c1ccncc1.CCOC(=O)Cc1ccncc1.CI.CN1CCC(C(C)(C)C(=O)O)CC1.C[C@H]1C[C@@H](N)CN(c2ccc(C#N)c3ncccc23)C1. The third kappa shape index (κ3) is 26.1. The van der Waals surface area contributed by atoms with Crippen molar-refractivity contribution in [3.8, 4) is 6.07 Å². The van der Waals surface area contributed by atoms with Crippen molar-refractivity contribution in [1.29, 1.82) is 5.26 Å². The number of nitriles is 1.